The summed E-state index contributed by atoms with van der Waals surface area (Å²) in [7, 11) is 0. The van der Waals surface area contributed by atoms with Crippen LogP contribution in [0.4, 0.5) is 18.9 Å². The number of benzene rings is 2. The van der Waals surface area contributed by atoms with Gasteiger partial charge in [-0.15, -0.1) is 0 Å². The lowest BCUT2D eigenvalue weighted by atomic mass is 10.0. The predicted molar refractivity (Wildman–Crippen MR) is 123 cm³/mol. The Morgan fingerprint density at radius 3 is 2.48 bits per heavy atom. The van der Waals surface area contributed by atoms with Gasteiger partial charge in [-0.3, -0.25) is 4.90 Å². The molecule has 176 valence electrons. The van der Waals surface area contributed by atoms with E-state index in [0.29, 0.717) is 12.3 Å². The zero-order valence-corrected chi connectivity index (χ0v) is 19.0. The van der Waals surface area contributed by atoms with Crippen molar-refractivity contribution in [2.75, 3.05) is 44.2 Å². The van der Waals surface area contributed by atoms with E-state index >= 15 is 0 Å². The maximum absolute atomic E-state index is 13.2. The van der Waals surface area contributed by atoms with Crippen LogP contribution in [0, 0.1) is 13.8 Å². The minimum absolute atomic E-state index is 0.0293. The van der Waals surface area contributed by atoms with Crippen LogP contribution in [0.3, 0.4) is 0 Å². The van der Waals surface area contributed by atoms with Gasteiger partial charge in [-0.2, -0.15) is 13.2 Å². The number of piperazine rings is 1. The van der Waals surface area contributed by atoms with Gasteiger partial charge in [0.05, 0.1) is 12.1 Å². The van der Waals surface area contributed by atoms with E-state index in [1.807, 2.05) is 0 Å². The average molecular weight is 459 g/mol. The second kappa shape index (κ2) is 9.97. The van der Waals surface area contributed by atoms with Gasteiger partial charge >= 0.3 is 6.18 Å². The Morgan fingerprint density at radius 1 is 1.00 bits per heavy atom. The highest BCUT2D eigenvalue weighted by atomic mass is 19.4. The minimum Gasteiger partial charge on any atom is -0.369 e. The van der Waals surface area contributed by atoms with Gasteiger partial charge < -0.3 is 14.7 Å². The number of aryl methyl sites for hydroxylation is 2. The van der Waals surface area contributed by atoms with Gasteiger partial charge in [-0.25, -0.2) is 0 Å². The number of hydrogen-bond acceptors (Lipinski definition) is 5. The van der Waals surface area contributed by atoms with E-state index in [-0.39, 0.29) is 11.3 Å². The summed E-state index contributed by atoms with van der Waals surface area (Å²) in [6, 6.07) is 13.6. The molecule has 2 aromatic carbocycles. The Morgan fingerprint density at radius 2 is 1.76 bits per heavy atom. The molecule has 1 aromatic heterocycles. The van der Waals surface area contributed by atoms with Crippen LogP contribution in [-0.4, -0.2) is 49.3 Å². The Kier molecular flexibility index (Phi) is 7.05. The van der Waals surface area contributed by atoms with Gasteiger partial charge in [-0.05, 0) is 31.5 Å². The summed E-state index contributed by atoms with van der Waals surface area (Å²) in [5.74, 6) is 0.515. The molecular weight excluding hydrogens is 429 g/mol. The molecule has 1 aliphatic rings. The fourth-order valence-electron chi connectivity index (χ4n) is 4.30. The molecule has 1 N–H and O–H groups in total. The zero-order chi connectivity index (χ0) is 23.4. The third-order valence-electron chi connectivity index (χ3n) is 6.04. The summed E-state index contributed by atoms with van der Waals surface area (Å²) in [5.41, 5.74) is 3.42. The molecule has 8 heteroatoms. The molecule has 0 aliphatic carbocycles. The summed E-state index contributed by atoms with van der Waals surface area (Å²) in [6.07, 6.45) is -4.43. The smallest absolute Gasteiger partial charge is 0.369 e. The molecule has 0 unspecified atom stereocenters. The maximum atomic E-state index is 13.2. The van der Waals surface area contributed by atoms with Crippen molar-refractivity contribution in [1.82, 2.24) is 15.4 Å². The van der Waals surface area contributed by atoms with Gasteiger partial charge in [0, 0.05) is 56.6 Å². The molecule has 0 spiro atoms. The highest BCUT2D eigenvalue weighted by Crippen LogP contribution is 2.36. The van der Waals surface area contributed by atoms with Gasteiger partial charge in [0.2, 0.25) is 0 Å². The Labute approximate surface area is 192 Å². The summed E-state index contributed by atoms with van der Waals surface area (Å²) in [5, 5.41) is 7.15. The first-order chi connectivity index (χ1) is 15.8. The van der Waals surface area contributed by atoms with Crippen molar-refractivity contribution in [3.05, 3.63) is 71.0 Å². The molecule has 33 heavy (non-hydrogen) atoms. The summed E-state index contributed by atoms with van der Waals surface area (Å²) in [4.78, 5) is 4.85. The molecule has 0 saturated carbocycles. The quantitative estimate of drug-likeness (QED) is 0.511. The third-order valence-corrected chi connectivity index (χ3v) is 6.04. The fraction of sp³-hybridized carbons (Fsp3) is 0.400. The first kappa shape index (κ1) is 23.3. The number of nitrogens with one attached hydrogen (secondary N) is 1. The van der Waals surface area contributed by atoms with Crippen molar-refractivity contribution in [2.45, 2.75) is 26.6 Å². The lowest BCUT2D eigenvalue weighted by Gasteiger charge is -2.37. The summed E-state index contributed by atoms with van der Waals surface area (Å²) in [6.45, 7) is 10.3. The topological polar surface area (TPSA) is 44.5 Å². The number of nitrogens with zero attached hydrogens (tertiary/aromatic N) is 3. The molecule has 2 heterocycles. The van der Waals surface area contributed by atoms with E-state index in [1.165, 1.54) is 28.9 Å². The van der Waals surface area contributed by atoms with Crippen LogP contribution in [0.2, 0.25) is 0 Å². The molecule has 1 saturated heterocycles. The number of alkyl halides is 3. The molecule has 0 atom stereocenters. The standard InChI is InChI=1S/C25H29F3N4O/c1-18-7-8-24(19(2)15-18)32-13-11-31(12-14-32)10-9-29-17-20-16-23(30-33-20)21-5-3-4-6-22(21)25(26,27)28/h3-8,15-16,29H,9-14,17H2,1-2H3. The summed E-state index contributed by atoms with van der Waals surface area (Å²) < 4.78 is 45.0. The van der Waals surface area contributed by atoms with E-state index in [1.54, 1.807) is 12.1 Å². The highest BCUT2D eigenvalue weighted by molar-refractivity contribution is 5.64. The average Bonchev–Trinajstić information content (AvgIpc) is 3.26. The Bertz CT molecular complexity index is 1070. The number of aromatic nitrogens is 1. The Hall–Kier alpha value is -2.84. The van der Waals surface area contributed by atoms with Crippen LogP contribution in [0.25, 0.3) is 11.3 Å². The van der Waals surface area contributed by atoms with Crippen molar-refractivity contribution in [1.29, 1.82) is 0 Å². The van der Waals surface area contributed by atoms with Crippen LogP contribution < -0.4 is 10.2 Å². The van der Waals surface area contributed by atoms with Gasteiger partial charge in [-0.1, -0.05) is 41.1 Å². The molecule has 0 radical (unpaired) electrons. The third kappa shape index (κ3) is 5.75. The van der Waals surface area contributed by atoms with Crippen molar-refractivity contribution in [2.24, 2.45) is 0 Å². The summed E-state index contributed by atoms with van der Waals surface area (Å²) >= 11 is 0. The van der Waals surface area contributed by atoms with E-state index in [2.05, 4.69) is 52.3 Å². The molecule has 1 fully saturated rings. The molecule has 0 amide bonds. The number of halogens is 3. The van der Waals surface area contributed by atoms with Gasteiger partial charge in [0.25, 0.3) is 0 Å². The molecule has 1 aliphatic heterocycles. The highest BCUT2D eigenvalue weighted by Gasteiger charge is 2.34. The normalized spacial score (nSPS) is 15.2. The largest absolute Gasteiger partial charge is 0.417 e. The SMILES string of the molecule is Cc1ccc(N2CCN(CCNCc3cc(-c4ccccc4C(F)(F)F)no3)CC2)c(C)c1. The van der Waals surface area contributed by atoms with E-state index in [0.717, 1.165) is 45.3 Å². The van der Waals surface area contributed by atoms with E-state index < -0.39 is 11.7 Å². The van der Waals surface area contributed by atoms with E-state index in [9.17, 15) is 13.2 Å². The van der Waals surface area contributed by atoms with Crippen LogP contribution in [0.1, 0.15) is 22.5 Å². The van der Waals surface area contributed by atoms with Crippen molar-refractivity contribution >= 4 is 5.69 Å². The lowest BCUT2D eigenvalue weighted by molar-refractivity contribution is -0.137. The van der Waals surface area contributed by atoms with Gasteiger partial charge in [0.1, 0.15) is 5.69 Å². The second-order valence-electron chi connectivity index (χ2n) is 8.52. The van der Waals surface area contributed by atoms with Crippen molar-refractivity contribution in [3.8, 4) is 11.3 Å². The van der Waals surface area contributed by atoms with Crippen LogP contribution >= 0.6 is 0 Å². The van der Waals surface area contributed by atoms with Gasteiger partial charge in [0.15, 0.2) is 5.76 Å². The monoisotopic (exact) mass is 458 g/mol. The van der Waals surface area contributed by atoms with Crippen molar-refractivity contribution < 1.29 is 17.7 Å². The number of rotatable bonds is 7. The molecule has 4 rings (SSSR count). The van der Waals surface area contributed by atoms with Crippen LogP contribution in [0.15, 0.2) is 53.1 Å². The lowest BCUT2D eigenvalue weighted by Crippen LogP contribution is -2.48. The van der Waals surface area contributed by atoms with Crippen LogP contribution in [-0.2, 0) is 12.7 Å². The molecule has 5 nitrogen and oxygen atoms in total. The minimum atomic E-state index is -4.43. The molecule has 0 bridgehead atoms. The first-order valence-electron chi connectivity index (χ1n) is 11.2. The fourth-order valence-corrected chi connectivity index (χ4v) is 4.30. The van der Waals surface area contributed by atoms with E-state index in [4.69, 9.17) is 4.52 Å². The maximum Gasteiger partial charge on any atom is 0.417 e. The molecular formula is C25H29F3N4O. The Balaban J connectivity index is 1.23. The van der Waals surface area contributed by atoms with Crippen molar-refractivity contribution in [3.63, 3.8) is 0 Å². The first-order valence-corrected chi connectivity index (χ1v) is 11.2. The zero-order valence-electron chi connectivity index (χ0n) is 19.0. The number of anilines is 1. The second-order valence-corrected chi connectivity index (χ2v) is 8.52. The number of hydrogen-bond donors (Lipinski definition) is 1. The predicted octanol–water partition coefficient (Wildman–Crippen LogP) is 4.89. The van der Waals surface area contributed by atoms with Crippen LogP contribution in [0.5, 0.6) is 0 Å². The molecule has 3 aromatic rings.